The SMILES string of the molecule is COC(=O)c1cc2c(cc1O)CCc1ccccc1-2. The standard InChI is InChI=1S/C16H14O3/c1-19-16(18)14-9-13-11(8-15(14)17)7-6-10-4-2-3-5-12(10)13/h2-5,8-9,17H,6-7H2,1H3. The first-order valence-electron chi connectivity index (χ1n) is 6.23. The number of carbonyl (C=O) groups excluding carboxylic acids is 1. The van der Waals surface area contributed by atoms with Crippen LogP contribution >= 0.6 is 0 Å². The van der Waals surface area contributed by atoms with Crippen molar-refractivity contribution >= 4 is 5.97 Å². The molecule has 0 aliphatic heterocycles. The van der Waals surface area contributed by atoms with Crippen molar-refractivity contribution in [3.8, 4) is 16.9 Å². The fourth-order valence-corrected chi connectivity index (χ4v) is 2.63. The summed E-state index contributed by atoms with van der Waals surface area (Å²) in [6.45, 7) is 0. The van der Waals surface area contributed by atoms with E-state index in [0.29, 0.717) is 0 Å². The number of phenolic OH excluding ortho intramolecular Hbond substituents is 1. The van der Waals surface area contributed by atoms with Crippen molar-refractivity contribution in [3.05, 3.63) is 53.1 Å². The molecule has 19 heavy (non-hydrogen) atoms. The summed E-state index contributed by atoms with van der Waals surface area (Å²) in [7, 11) is 1.31. The van der Waals surface area contributed by atoms with Crippen molar-refractivity contribution in [3.63, 3.8) is 0 Å². The minimum atomic E-state index is -0.511. The zero-order valence-electron chi connectivity index (χ0n) is 10.6. The van der Waals surface area contributed by atoms with Crippen molar-refractivity contribution in [2.75, 3.05) is 7.11 Å². The number of rotatable bonds is 1. The van der Waals surface area contributed by atoms with Crippen LogP contribution in [0.4, 0.5) is 0 Å². The molecule has 2 aromatic rings. The fourth-order valence-electron chi connectivity index (χ4n) is 2.63. The third-order valence-corrected chi connectivity index (χ3v) is 3.60. The lowest BCUT2D eigenvalue weighted by molar-refractivity contribution is 0.0597. The number of hydrogen-bond donors (Lipinski definition) is 1. The first-order chi connectivity index (χ1) is 9.20. The van der Waals surface area contributed by atoms with Crippen LogP contribution in [0.5, 0.6) is 5.75 Å². The van der Waals surface area contributed by atoms with Crippen LogP contribution in [0.25, 0.3) is 11.1 Å². The van der Waals surface area contributed by atoms with E-state index in [1.165, 1.54) is 12.7 Å². The summed E-state index contributed by atoms with van der Waals surface area (Å²) in [5.41, 5.74) is 4.72. The smallest absolute Gasteiger partial charge is 0.341 e. The van der Waals surface area contributed by atoms with E-state index in [0.717, 1.165) is 29.5 Å². The number of phenols is 1. The molecule has 1 aliphatic carbocycles. The Morgan fingerprint density at radius 3 is 2.63 bits per heavy atom. The Kier molecular flexibility index (Phi) is 2.75. The van der Waals surface area contributed by atoms with Gasteiger partial charge in [-0.2, -0.15) is 0 Å². The number of fused-ring (bicyclic) bond motifs is 3. The molecule has 3 rings (SSSR count). The largest absolute Gasteiger partial charge is 0.507 e. The molecule has 0 aromatic heterocycles. The van der Waals surface area contributed by atoms with E-state index in [4.69, 9.17) is 4.74 Å². The molecule has 0 saturated carbocycles. The van der Waals surface area contributed by atoms with E-state index in [1.54, 1.807) is 12.1 Å². The van der Waals surface area contributed by atoms with Gasteiger partial charge in [0.05, 0.1) is 7.11 Å². The average molecular weight is 254 g/mol. The van der Waals surface area contributed by atoms with Crippen LogP contribution in [0.3, 0.4) is 0 Å². The normalized spacial score (nSPS) is 12.5. The predicted octanol–water partition coefficient (Wildman–Crippen LogP) is 2.94. The van der Waals surface area contributed by atoms with Crippen molar-refractivity contribution in [2.24, 2.45) is 0 Å². The zero-order chi connectivity index (χ0) is 13.4. The van der Waals surface area contributed by atoms with Crippen LogP contribution in [0, 0.1) is 0 Å². The van der Waals surface area contributed by atoms with E-state index in [2.05, 4.69) is 6.07 Å². The number of methoxy groups -OCH3 is 1. The Morgan fingerprint density at radius 2 is 1.84 bits per heavy atom. The van der Waals surface area contributed by atoms with Gasteiger partial charge in [-0.15, -0.1) is 0 Å². The first-order valence-corrected chi connectivity index (χ1v) is 6.23. The second-order valence-corrected chi connectivity index (χ2v) is 4.68. The highest BCUT2D eigenvalue weighted by atomic mass is 16.5. The molecule has 0 amide bonds. The Balaban J connectivity index is 2.21. The van der Waals surface area contributed by atoms with Gasteiger partial charge >= 0.3 is 5.97 Å². The molecule has 0 saturated heterocycles. The predicted molar refractivity (Wildman–Crippen MR) is 72.3 cm³/mol. The Labute approximate surface area is 111 Å². The molecular formula is C16H14O3. The van der Waals surface area contributed by atoms with Crippen molar-refractivity contribution in [1.82, 2.24) is 0 Å². The summed E-state index contributed by atoms with van der Waals surface area (Å²) in [4.78, 5) is 11.6. The number of hydrogen-bond acceptors (Lipinski definition) is 3. The summed E-state index contributed by atoms with van der Waals surface area (Å²) >= 11 is 0. The zero-order valence-corrected chi connectivity index (χ0v) is 10.6. The number of aryl methyl sites for hydroxylation is 2. The van der Waals surface area contributed by atoms with Gasteiger partial charge in [-0.25, -0.2) is 4.79 Å². The Morgan fingerprint density at radius 1 is 1.11 bits per heavy atom. The lowest BCUT2D eigenvalue weighted by Gasteiger charge is -2.20. The van der Waals surface area contributed by atoms with Crippen LogP contribution in [0.1, 0.15) is 21.5 Å². The van der Waals surface area contributed by atoms with Crippen LogP contribution in [-0.4, -0.2) is 18.2 Å². The van der Waals surface area contributed by atoms with E-state index in [1.807, 2.05) is 18.2 Å². The van der Waals surface area contributed by atoms with Gasteiger partial charge in [0.2, 0.25) is 0 Å². The van der Waals surface area contributed by atoms with Gasteiger partial charge < -0.3 is 9.84 Å². The summed E-state index contributed by atoms with van der Waals surface area (Å²) in [5, 5.41) is 9.92. The highest BCUT2D eigenvalue weighted by Crippen LogP contribution is 2.37. The Bertz CT molecular complexity index is 659. The third-order valence-electron chi connectivity index (χ3n) is 3.60. The van der Waals surface area contributed by atoms with Gasteiger partial charge in [0.15, 0.2) is 0 Å². The second kappa shape index (κ2) is 4.43. The second-order valence-electron chi connectivity index (χ2n) is 4.68. The monoisotopic (exact) mass is 254 g/mol. The van der Waals surface area contributed by atoms with Gasteiger partial charge in [-0.1, -0.05) is 24.3 Å². The molecule has 2 aromatic carbocycles. The maximum atomic E-state index is 11.6. The molecule has 0 radical (unpaired) electrons. The summed E-state index contributed by atoms with van der Waals surface area (Å²) in [6, 6.07) is 11.6. The van der Waals surface area contributed by atoms with Gasteiger partial charge in [0.1, 0.15) is 11.3 Å². The lowest BCUT2D eigenvalue weighted by atomic mass is 9.84. The van der Waals surface area contributed by atoms with E-state index >= 15 is 0 Å². The molecule has 0 fully saturated rings. The molecule has 0 heterocycles. The summed E-state index contributed by atoms with van der Waals surface area (Å²) in [5.74, 6) is -0.520. The van der Waals surface area contributed by atoms with Gasteiger partial charge in [0.25, 0.3) is 0 Å². The van der Waals surface area contributed by atoms with Crippen LogP contribution < -0.4 is 0 Å². The van der Waals surface area contributed by atoms with Gasteiger partial charge in [-0.05, 0) is 47.2 Å². The number of benzene rings is 2. The molecule has 1 N–H and O–H groups in total. The Hall–Kier alpha value is -2.29. The molecule has 0 atom stereocenters. The van der Waals surface area contributed by atoms with Crippen molar-refractivity contribution in [1.29, 1.82) is 0 Å². The van der Waals surface area contributed by atoms with Crippen LogP contribution in [0.15, 0.2) is 36.4 Å². The first kappa shape index (κ1) is 11.8. The molecular weight excluding hydrogens is 240 g/mol. The summed E-state index contributed by atoms with van der Waals surface area (Å²) < 4.78 is 4.70. The van der Waals surface area contributed by atoms with Crippen molar-refractivity contribution in [2.45, 2.75) is 12.8 Å². The number of esters is 1. The minimum Gasteiger partial charge on any atom is -0.507 e. The summed E-state index contributed by atoms with van der Waals surface area (Å²) in [6.07, 6.45) is 1.83. The molecule has 3 nitrogen and oxygen atoms in total. The number of aromatic hydroxyl groups is 1. The maximum Gasteiger partial charge on any atom is 0.341 e. The quantitative estimate of drug-likeness (QED) is 0.796. The minimum absolute atomic E-state index is 0.00928. The molecule has 0 spiro atoms. The van der Waals surface area contributed by atoms with Crippen LogP contribution in [-0.2, 0) is 17.6 Å². The molecule has 3 heteroatoms. The number of carbonyl (C=O) groups is 1. The fraction of sp³-hybridized carbons (Fsp3) is 0.188. The van der Waals surface area contributed by atoms with E-state index < -0.39 is 5.97 Å². The van der Waals surface area contributed by atoms with Gasteiger partial charge in [-0.3, -0.25) is 0 Å². The van der Waals surface area contributed by atoms with Crippen molar-refractivity contribution < 1.29 is 14.6 Å². The van der Waals surface area contributed by atoms with Gasteiger partial charge in [0, 0.05) is 0 Å². The van der Waals surface area contributed by atoms with E-state index in [-0.39, 0.29) is 11.3 Å². The topological polar surface area (TPSA) is 46.5 Å². The molecule has 0 unspecified atom stereocenters. The average Bonchev–Trinajstić information content (AvgIpc) is 2.45. The highest BCUT2D eigenvalue weighted by Gasteiger charge is 2.20. The molecule has 1 aliphatic rings. The maximum absolute atomic E-state index is 11.6. The van der Waals surface area contributed by atoms with E-state index in [9.17, 15) is 9.90 Å². The molecule has 0 bridgehead atoms. The lowest BCUT2D eigenvalue weighted by Crippen LogP contribution is -2.07. The highest BCUT2D eigenvalue weighted by molar-refractivity contribution is 5.95. The van der Waals surface area contributed by atoms with Crippen LogP contribution in [0.2, 0.25) is 0 Å². The number of ether oxygens (including phenoxy) is 1. The third kappa shape index (κ3) is 1.87. The molecule has 96 valence electrons.